The van der Waals surface area contributed by atoms with Crippen LogP contribution in [0.1, 0.15) is 117 Å². The van der Waals surface area contributed by atoms with Crippen molar-refractivity contribution < 1.29 is 24.1 Å². The number of nitrogens with zero attached hydrogens (tertiary/aromatic N) is 8. The number of carboxylic acids is 1. The van der Waals surface area contributed by atoms with E-state index in [0.717, 1.165) is 386 Å². The van der Waals surface area contributed by atoms with Crippen molar-refractivity contribution in [3.8, 4) is 0 Å². The molecule has 33 nitrogen and oxygen atoms in total. The molecule has 844 valence electrons. The number of ether oxygens (including phenoxy) is 3. The number of benzene rings is 5. The van der Waals surface area contributed by atoms with Gasteiger partial charge < -0.3 is 135 Å². The third kappa shape index (κ3) is 76.0. The van der Waals surface area contributed by atoms with E-state index in [0.29, 0.717) is 26.3 Å². The molecular weight excluding hydrogens is 1850 g/mol. The normalized spacial score (nSPS) is 21.9. The van der Waals surface area contributed by atoms with E-state index in [1.54, 1.807) is 0 Å². The van der Waals surface area contributed by atoms with Gasteiger partial charge in [-0.15, -0.1) is 0 Å². The average Bonchev–Trinajstić information content (AvgIpc) is 0.916. The van der Waals surface area contributed by atoms with Crippen LogP contribution in [-0.4, -0.2) is 471 Å². The molecule has 8 saturated heterocycles. The molecule has 0 aromatic heterocycles. The Morgan fingerprint density at radius 2 is 0.399 bits per heavy atom. The van der Waals surface area contributed by atoms with Gasteiger partial charge in [-0.2, -0.15) is 0 Å². The summed E-state index contributed by atoms with van der Waals surface area (Å²) in [5, 5.41) is 78.2. The molecule has 0 amide bonds. The molecule has 148 heavy (non-hydrogen) atoms. The van der Waals surface area contributed by atoms with Crippen LogP contribution in [0.3, 0.4) is 0 Å². The molecule has 5 aromatic rings. The molecule has 13 rings (SSSR count). The smallest absolute Gasteiger partial charge is 0.309 e. The average molecular weight is 2070 g/mol. The largest absolute Gasteiger partial charge is 0.481 e. The number of hydrogen-bond acceptors (Lipinski definition) is 32. The van der Waals surface area contributed by atoms with E-state index < -0.39 is 5.97 Å². The third-order valence-electron chi connectivity index (χ3n) is 27.3. The van der Waals surface area contributed by atoms with Gasteiger partial charge in [-0.25, -0.2) is 0 Å². The minimum absolute atomic E-state index is 0.349. The monoisotopic (exact) mass is 2070 g/mol. The van der Waals surface area contributed by atoms with Gasteiger partial charge in [0.25, 0.3) is 0 Å². The molecule has 5 aromatic carbocycles. The van der Waals surface area contributed by atoms with Crippen molar-refractivity contribution in [2.75, 3.05) is 420 Å². The van der Waals surface area contributed by atoms with Gasteiger partial charge in [-0.05, 0) is 229 Å². The van der Waals surface area contributed by atoms with Crippen molar-refractivity contribution in [3.05, 3.63) is 179 Å². The molecule has 0 radical (unpaired) electrons. The van der Waals surface area contributed by atoms with Crippen LogP contribution >= 0.6 is 0 Å². The highest BCUT2D eigenvalue weighted by Gasteiger charge is 2.19. The Labute approximate surface area is 898 Å². The van der Waals surface area contributed by atoms with Crippen LogP contribution in [0, 0.1) is 5.92 Å². The predicted octanol–water partition coefficient (Wildman–Crippen LogP) is 3.80. The van der Waals surface area contributed by atoms with E-state index in [2.05, 4.69) is 305 Å². The van der Waals surface area contributed by atoms with Crippen LogP contribution in [0.5, 0.6) is 0 Å². The molecule has 0 atom stereocenters. The first kappa shape index (κ1) is 129. The Morgan fingerprint density at radius 3 is 0.703 bits per heavy atom. The summed E-state index contributed by atoms with van der Waals surface area (Å²) in [6.07, 6.45) is 16.6. The molecule has 8 heterocycles. The molecule has 0 saturated carbocycles. The molecule has 8 fully saturated rings. The molecule has 0 spiro atoms. The third-order valence-corrected chi connectivity index (χ3v) is 27.3. The topological polar surface area (TPSA) is 332 Å². The SMILES string of the molecule is C1COCCNCCOCCOCCN1.CN1CCCNCCN(C)CCCNCC1.O=C(O)C1CNCCNCCCNCCNC1.c1cc(CN2CCNCCCNCCNCC2)ccc1CN1CCNCCCNCCNCC1.c1ccc(CN2CCCCCCCNCCC2)cc1.c1ccc(CN2CCCNCCNCCCNCC2)cc1.c1ccc(CN2CCNCCN(Cc3ccccc3)CCNCC2)cc1. The number of hydrogen-bond donors (Lipinski definition) is 21. The number of nitrogens with one attached hydrogen (secondary N) is 20. The lowest BCUT2D eigenvalue weighted by molar-refractivity contribution is -0.141. The van der Waals surface area contributed by atoms with Crippen molar-refractivity contribution in [1.29, 1.82) is 0 Å². The van der Waals surface area contributed by atoms with Crippen molar-refractivity contribution in [1.82, 2.24) is 146 Å². The molecular formula is C115H214N28O5. The Morgan fingerprint density at radius 1 is 0.203 bits per heavy atom. The number of carbonyl (C=O) groups is 1. The van der Waals surface area contributed by atoms with Gasteiger partial charge in [-0.3, -0.25) is 34.2 Å². The number of rotatable bonds is 13. The summed E-state index contributed by atoms with van der Waals surface area (Å²) in [5.41, 5.74) is 8.48. The second kappa shape index (κ2) is 95.9. The van der Waals surface area contributed by atoms with Crippen molar-refractivity contribution >= 4 is 5.97 Å². The fourth-order valence-electron chi connectivity index (χ4n) is 18.4. The van der Waals surface area contributed by atoms with Gasteiger partial charge in [0.2, 0.25) is 0 Å². The fraction of sp³-hybridized carbons (Fsp3) is 0.730. The fourth-order valence-corrected chi connectivity index (χ4v) is 18.4. The summed E-state index contributed by atoms with van der Waals surface area (Å²) in [6.45, 7) is 69.4. The second-order valence-electron chi connectivity index (χ2n) is 40.4. The van der Waals surface area contributed by atoms with Crippen molar-refractivity contribution in [2.24, 2.45) is 5.92 Å². The van der Waals surface area contributed by atoms with E-state index in [1.807, 2.05) is 0 Å². The second-order valence-corrected chi connectivity index (χ2v) is 40.4. The van der Waals surface area contributed by atoms with E-state index in [4.69, 9.17) is 19.3 Å². The van der Waals surface area contributed by atoms with Crippen LogP contribution in [-0.2, 0) is 58.3 Å². The summed E-state index contributed by atoms with van der Waals surface area (Å²) >= 11 is 0. The molecule has 0 bridgehead atoms. The van der Waals surface area contributed by atoms with E-state index in [9.17, 15) is 4.79 Å². The van der Waals surface area contributed by atoms with Crippen LogP contribution in [0.2, 0.25) is 0 Å². The highest BCUT2D eigenvalue weighted by molar-refractivity contribution is 5.70. The van der Waals surface area contributed by atoms with Gasteiger partial charge in [0.05, 0.1) is 45.6 Å². The molecule has 0 aliphatic carbocycles. The Balaban J connectivity index is 0.000000238. The number of carboxylic acid groups (broad SMARTS) is 1. The number of aliphatic carboxylic acids is 1. The van der Waals surface area contributed by atoms with Crippen molar-refractivity contribution in [3.63, 3.8) is 0 Å². The summed E-state index contributed by atoms with van der Waals surface area (Å²) in [7, 11) is 4.42. The lowest BCUT2D eigenvalue weighted by Gasteiger charge is -2.27. The molecule has 8 aliphatic rings. The number of likely N-dealkylation sites (N-methyl/N-ethyl adjacent to an activating group) is 2. The minimum Gasteiger partial charge on any atom is -0.481 e. The zero-order valence-electron chi connectivity index (χ0n) is 92.9. The Bertz CT molecular complexity index is 3380. The van der Waals surface area contributed by atoms with Crippen LogP contribution in [0.4, 0.5) is 0 Å². The molecule has 0 unspecified atom stereocenters. The van der Waals surface area contributed by atoms with Gasteiger partial charge in [-0.1, -0.05) is 165 Å². The predicted molar refractivity (Wildman–Crippen MR) is 620 cm³/mol. The molecule has 8 aliphatic heterocycles. The highest BCUT2D eigenvalue weighted by atomic mass is 16.5. The first-order valence-corrected chi connectivity index (χ1v) is 58.3. The maximum atomic E-state index is 11.0. The first-order valence-electron chi connectivity index (χ1n) is 58.3. The quantitative estimate of drug-likeness (QED) is 0.0797. The van der Waals surface area contributed by atoms with Gasteiger partial charge >= 0.3 is 5.97 Å². The van der Waals surface area contributed by atoms with Crippen molar-refractivity contribution in [2.45, 2.75) is 123 Å². The summed E-state index contributed by atoms with van der Waals surface area (Å²) in [6, 6.07) is 52.6. The van der Waals surface area contributed by atoms with E-state index >= 15 is 0 Å². The van der Waals surface area contributed by atoms with E-state index in [-0.39, 0.29) is 5.92 Å². The van der Waals surface area contributed by atoms with Gasteiger partial charge in [0.1, 0.15) is 0 Å². The Hall–Kier alpha value is -5.67. The summed E-state index contributed by atoms with van der Waals surface area (Å²) in [5.74, 6) is -1.09. The zero-order valence-corrected chi connectivity index (χ0v) is 92.9. The van der Waals surface area contributed by atoms with Crippen LogP contribution in [0.25, 0.3) is 0 Å². The van der Waals surface area contributed by atoms with E-state index in [1.165, 1.54) is 150 Å². The minimum atomic E-state index is -0.738. The standard InChI is InChI=1S/C26H50N8.C22H32N4.C17H30N4.C17H28N2.C12H28N4.C11H24N4O2.C10H22N2O3/c1-7-27-11-13-31-17-21-33(19-15-29-9-1)23-25-3-5-26(6-4-25)24-34-20-16-30-10-2-8-28-12-14-32-18-22-34;1-3-7-21(8-4-1)19-25-15-11-23-13-17-26(18-14-24-12-16-25)20-22-9-5-2-6-10-22;1-2-6-17(7-3-1)16-21-14-5-10-19-12-11-18-8-4-9-20-13-15-21;1-2-7-12-18-13-9-15-19(14-8-3-1)16-17-10-5-4-6-11-17;1-15-9-3-5-14-8-12-16(2)10-4-6-13-7-11-15;16-11(17)10-8-14-6-4-12-2-1-3-13-5-7-15-9-10;1-5-13-6-2-12-4-8-15-10-9-14-7-3-11-1/h3-6,27-32H,1-2,7-24H2;1-10,23-24H,11-20H2;1-3,6-7,18-20H,4-5,8-16H2;4-6,10-11,18H,1-3,7-9,12-16H2;13-14H,3-12H2,1-2H3;10,12-15H,1-9H2,(H,16,17);11-12H,1-10H2. The lowest BCUT2D eigenvalue weighted by atomic mass is 10.1. The maximum Gasteiger partial charge on any atom is 0.309 e. The molecule has 21 N–H and O–H groups in total. The lowest BCUT2D eigenvalue weighted by Crippen LogP contribution is -2.42. The summed E-state index contributed by atoms with van der Waals surface area (Å²) in [4.78, 5) is 31.2. The first-order chi connectivity index (χ1) is 73.3. The van der Waals surface area contributed by atoms with Gasteiger partial charge in [0, 0.05) is 288 Å². The zero-order chi connectivity index (χ0) is 104. The van der Waals surface area contributed by atoms with Crippen LogP contribution < -0.4 is 106 Å². The summed E-state index contributed by atoms with van der Waals surface area (Å²) < 4.78 is 16.1. The van der Waals surface area contributed by atoms with Gasteiger partial charge in [0.15, 0.2) is 0 Å². The molecule has 33 heteroatoms. The van der Waals surface area contributed by atoms with Crippen LogP contribution in [0.15, 0.2) is 146 Å². The highest BCUT2D eigenvalue weighted by Crippen LogP contribution is 2.15. The Kier molecular flexibility index (Phi) is 83.8. The maximum absolute atomic E-state index is 11.0.